The molecule has 1 aromatic heterocycles. The Hall–Kier alpha value is -2.18. The number of hydrogen-bond acceptors (Lipinski definition) is 5. The van der Waals surface area contributed by atoms with Crippen molar-refractivity contribution in [1.82, 2.24) is 10.5 Å². The number of amides is 1. The van der Waals surface area contributed by atoms with Crippen LogP contribution in [0.15, 0.2) is 40.9 Å². The minimum atomic E-state index is -0.216. The van der Waals surface area contributed by atoms with Crippen molar-refractivity contribution < 1.29 is 18.8 Å². The van der Waals surface area contributed by atoms with Crippen LogP contribution in [0.3, 0.4) is 0 Å². The third kappa shape index (κ3) is 4.91. The van der Waals surface area contributed by atoms with Gasteiger partial charge in [0, 0.05) is 25.8 Å². The van der Waals surface area contributed by atoms with Gasteiger partial charge in [0.05, 0.1) is 6.61 Å². The lowest BCUT2D eigenvalue weighted by atomic mass is 10.1. The highest BCUT2D eigenvalue weighted by molar-refractivity contribution is 5.92. The van der Waals surface area contributed by atoms with E-state index in [1.54, 1.807) is 6.07 Å². The molecule has 1 N–H and O–H groups in total. The fourth-order valence-corrected chi connectivity index (χ4v) is 2.62. The van der Waals surface area contributed by atoms with E-state index in [9.17, 15) is 4.79 Å². The molecule has 3 rings (SSSR count). The second-order valence-electron chi connectivity index (χ2n) is 5.93. The largest absolute Gasteiger partial charge is 0.381 e. The molecule has 24 heavy (non-hydrogen) atoms. The molecule has 6 heteroatoms. The lowest BCUT2D eigenvalue weighted by Crippen LogP contribution is -2.26. The highest BCUT2D eigenvalue weighted by Gasteiger charge is 2.17. The Morgan fingerprint density at radius 1 is 1.29 bits per heavy atom. The molecule has 1 aromatic carbocycles. The van der Waals surface area contributed by atoms with Gasteiger partial charge in [0.2, 0.25) is 0 Å². The molecular formula is C18H22N2O4. The Kier molecular flexibility index (Phi) is 5.98. The molecule has 1 unspecified atom stereocenters. The maximum Gasteiger partial charge on any atom is 0.273 e. The van der Waals surface area contributed by atoms with E-state index in [-0.39, 0.29) is 18.2 Å². The topological polar surface area (TPSA) is 73.6 Å². The van der Waals surface area contributed by atoms with Gasteiger partial charge in [0.25, 0.3) is 5.91 Å². The smallest absolute Gasteiger partial charge is 0.273 e. The number of nitrogens with zero attached hydrogens (tertiary/aromatic N) is 1. The van der Waals surface area contributed by atoms with Crippen LogP contribution in [0, 0.1) is 5.92 Å². The Bertz CT molecular complexity index is 635. The van der Waals surface area contributed by atoms with Crippen LogP contribution in [0.1, 0.15) is 34.7 Å². The van der Waals surface area contributed by atoms with Gasteiger partial charge in [0.15, 0.2) is 11.5 Å². The summed E-state index contributed by atoms with van der Waals surface area (Å²) in [4.78, 5) is 12.0. The van der Waals surface area contributed by atoms with Crippen molar-refractivity contribution in [2.45, 2.75) is 26.1 Å². The van der Waals surface area contributed by atoms with E-state index in [1.807, 2.05) is 30.3 Å². The summed E-state index contributed by atoms with van der Waals surface area (Å²) >= 11 is 0. The quantitative estimate of drug-likeness (QED) is 0.805. The van der Waals surface area contributed by atoms with Crippen LogP contribution in [0.25, 0.3) is 0 Å². The number of benzene rings is 1. The third-order valence-electron chi connectivity index (χ3n) is 4.01. The number of hydrogen-bond donors (Lipinski definition) is 1. The summed E-state index contributed by atoms with van der Waals surface area (Å²) in [5, 5.41) is 6.66. The van der Waals surface area contributed by atoms with E-state index in [0.717, 1.165) is 31.6 Å². The molecule has 1 aliphatic heterocycles. The minimum absolute atomic E-state index is 0.216. The molecule has 0 saturated carbocycles. The van der Waals surface area contributed by atoms with E-state index in [2.05, 4.69) is 10.5 Å². The molecule has 0 spiro atoms. The van der Waals surface area contributed by atoms with E-state index in [0.29, 0.717) is 24.8 Å². The van der Waals surface area contributed by atoms with Gasteiger partial charge in [-0.2, -0.15) is 0 Å². The summed E-state index contributed by atoms with van der Waals surface area (Å²) in [6.45, 7) is 3.03. The molecule has 2 aromatic rings. The van der Waals surface area contributed by atoms with Gasteiger partial charge in [-0.1, -0.05) is 35.5 Å². The highest BCUT2D eigenvalue weighted by atomic mass is 16.5. The summed E-state index contributed by atoms with van der Waals surface area (Å²) in [7, 11) is 0. The number of ether oxygens (including phenoxy) is 2. The first-order valence-electron chi connectivity index (χ1n) is 8.24. The van der Waals surface area contributed by atoms with Crippen molar-refractivity contribution in [3.63, 3.8) is 0 Å². The first-order valence-corrected chi connectivity index (χ1v) is 8.24. The predicted octanol–water partition coefficient (Wildman–Crippen LogP) is 2.55. The molecular weight excluding hydrogens is 308 g/mol. The number of carbonyl (C=O) groups excluding carboxylic acids is 1. The highest BCUT2D eigenvalue weighted by Crippen LogP contribution is 2.15. The maximum absolute atomic E-state index is 12.0. The van der Waals surface area contributed by atoms with Crippen LogP contribution in [0.4, 0.5) is 0 Å². The van der Waals surface area contributed by atoms with Crippen molar-refractivity contribution in [2.24, 2.45) is 5.92 Å². The van der Waals surface area contributed by atoms with Crippen LogP contribution >= 0.6 is 0 Å². The average Bonchev–Trinajstić information content (AvgIpc) is 3.28. The fraction of sp³-hybridized carbons (Fsp3) is 0.444. The number of nitrogens with one attached hydrogen (secondary N) is 1. The number of aromatic nitrogens is 1. The first-order chi connectivity index (χ1) is 11.8. The zero-order valence-electron chi connectivity index (χ0n) is 13.6. The zero-order valence-corrected chi connectivity index (χ0v) is 13.6. The number of carbonyl (C=O) groups is 1. The average molecular weight is 330 g/mol. The number of rotatable bonds is 8. The molecule has 128 valence electrons. The van der Waals surface area contributed by atoms with E-state index >= 15 is 0 Å². The summed E-state index contributed by atoms with van der Waals surface area (Å²) in [5.41, 5.74) is 1.38. The van der Waals surface area contributed by atoms with Crippen LogP contribution in [0.2, 0.25) is 0 Å². The molecule has 1 amide bonds. The minimum Gasteiger partial charge on any atom is -0.381 e. The van der Waals surface area contributed by atoms with Crippen molar-refractivity contribution in [2.75, 3.05) is 19.8 Å². The summed E-state index contributed by atoms with van der Waals surface area (Å²) in [5.74, 6) is 0.872. The lowest BCUT2D eigenvalue weighted by Gasteiger charge is -2.07. The van der Waals surface area contributed by atoms with Crippen molar-refractivity contribution >= 4 is 5.91 Å². The summed E-state index contributed by atoms with van der Waals surface area (Å²) in [6, 6.07) is 11.5. The van der Waals surface area contributed by atoms with Gasteiger partial charge >= 0.3 is 0 Å². The first kappa shape index (κ1) is 16.7. The van der Waals surface area contributed by atoms with Gasteiger partial charge in [0.1, 0.15) is 6.61 Å². The molecule has 0 radical (unpaired) electrons. The van der Waals surface area contributed by atoms with E-state index < -0.39 is 0 Å². The molecule has 6 nitrogen and oxygen atoms in total. The maximum atomic E-state index is 12.0. The molecule has 1 aliphatic rings. The van der Waals surface area contributed by atoms with Gasteiger partial charge in [-0.05, 0) is 24.3 Å². The van der Waals surface area contributed by atoms with Gasteiger partial charge < -0.3 is 19.3 Å². The Balaban J connectivity index is 1.38. The van der Waals surface area contributed by atoms with Crippen LogP contribution in [-0.2, 0) is 22.7 Å². The van der Waals surface area contributed by atoms with E-state index in [1.165, 1.54) is 0 Å². The third-order valence-corrected chi connectivity index (χ3v) is 4.01. The Morgan fingerprint density at radius 3 is 2.96 bits per heavy atom. The zero-order chi connectivity index (χ0) is 16.6. The molecule has 1 atom stereocenters. The van der Waals surface area contributed by atoms with Crippen LogP contribution in [-0.4, -0.2) is 30.8 Å². The summed E-state index contributed by atoms with van der Waals surface area (Å²) in [6.07, 6.45) is 2.00. The molecule has 1 fully saturated rings. The Morgan fingerprint density at radius 2 is 2.17 bits per heavy atom. The predicted molar refractivity (Wildman–Crippen MR) is 87.3 cm³/mol. The van der Waals surface area contributed by atoms with Gasteiger partial charge in [-0.15, -0.1) is 0 Å². The van der Waals surface area contributed by atoms with Crippen molar-refractivity contribution in [3.8, 4) is 0 Å². The van der Waals surface area contributed by atoms with Crippen LogP contribution < -0.4 is 5.32 Å². The fourth-order valence-electron chi connectivity index (χ4n) is 2.62. The Labute approximate surface area is 141 Å². The SMILES string of the molecule is O=C(NCCC1CCOC1)c1cc(COCc2ccccc2)on1. The normalized spacial score (nSPS) is 17.1. The standard InChI is InChI=1S/C18H22N2O4/c21-18(19-8-6-15-7-9-22-11-15)17-10-16(24-20-17)13-23-12-14-4-2-1-3-5-14/h1-5,10,15H,6-9,11-13H2,(H,19,21). The van der Waals surface area contributed by atoms with Crippen molar-refractivity contribution in [1.29, 1.82) is 0 Å². The molecule has 0 bridgehead atoms. The van der Waals surface area contributed by atoms with Gasteiger partial charge in [-0.3, -0.25) is 4.79 Å². The molecule has 1 saturated heterocycles. The van der Waals surface area contributed by atoms with Gasteiger partial charge in [-0.25, -0.2) is 0 Å². The summed E-state index contributed by atoms with van der Waals surface area (Å²) < 4.78 is 16.0. The molecule has 0 aliphatic carbocycles. The lowest BCUT2D eigenvalue weighted by molar-refractivity contribution is 0.0877. The van der Waals surface area contributed by atoms with E-state index in [4.69, 9.17) is 14.0 Å². The van der Waals surface area contributed by atoms with Crippen LogP contribution in [0.5, 0.6) is 0 Å². The molecule has 2 heterocycles. The van der Waals surface area contributed by atoms with Crippen molar-refractivity contribution in [3.05, 3.63) is 53.4 Å². The second kappa shape index (κ2) is 8.61. The monoisotopic (exact) mass is 330 g/mol. The second-order valence-corrected chi connectivity index (χ2v) is 5.93.